The second kappa shape index (κ2) is 8.09. The van der Waals surface area contributed by atoms with Gasteiger partial charge in [-0.05, 0) is 37.2 Å². The topological polar surface area (TPSA) is 32.7 Å². The van der Waals surface area contributed by atoms with Crippen LogP contribution in [-0.4, -0.2) is 36.2 Å². The summed E-state index contributed by atoms with van der Waals surface area (Å²) in [6.45, 7) is 8.47. The molecule has 1 aromatic rings. The van der Waals surface area contributed by atoms with Crippen molar-refractivity contribution in [1.82, 2.24) is 4.90 Å². The standard InChI is InChI=1S/C14H23NO2/c1-3-15(4-2)10-5-11-17-14-8-6-13(12-16)7-9-14/h6-9,16H,3-5,10-12H2,1-2H3. The van der Waals surface area contributed by atoms with Crippen molar-refractivity contribution in [2.75, 3.05) is 26.2 Å². The van der Waals surface area contributed by atoms with Crippen molar-refractivity contribution in [2.45, 2.75) is 26.9 Å². The molecule has 0 unspecified atom stereocenters. The summed E-state index contributed by atoms with van der Waals surface area (Å²) in [5, 5.41) is 8.91. The Labute approximate surface area is 104 Å². The summed E-state index contributed by atoms with van der Waals surface area (Å²) in [5.41, 5.74) is 0.917. The largest absolute Gasteiger partial charge is 0.494 e. The van der Waals surface area contributed by atoms with Crippen LogP contribution in [0, 0.1) is 0 Å². The molecule has 0 bridgehead atoms. The number of nitrogens with zero attached hydrogens (tertiary/aromatic N) is 1. The average Bonchev–Trinajstić information content (AvgIpc) is 2.40. The van der Waals surface area contributed by atoms with Crippen LogP contribution in [0.2, 0.25) is 0 Å². The first-order chi connectivity index (χ1) is 8.30. The number of benzene rings is 1. The highest BCUT2D eigenvalue weighted by Crippen LogP contribution is 2.12. The quantitative estimate of drug-likeness (QED) is 0.704. The predicted molar refractivity (Wildman–Crippen MR) is 70.3 cm³/mol. The summed E-state index contributed by atoms with van der Waals surface area (Å²) in [4.78, 5) is 2.39. The smallest absolute Gasteiger partial charge is 0.119 e. The summed E-state index contributed by atoms with van der Waals surface area (Å²) >= 11 is 0. The van der Waals surface area contributed by atoms with E-state index < -0.39 is 0 Å². The van der Waals surface area contributed by atoms with Gasteiger partial charge in [0.25, 0.3) is 0 Å². The second-order valence-electron chi connectivity index (χ2n) is 4.03. The maximum atomic E-state index is 8.91. The SMILES string of the molecule is CCN(CC)CCCOc1ccc(CO)cc1. The molecule has 0 aliphatic carbocycles. The third kappa shape index (κ3) is 5.20. The number of hydrogen-bond acceptors (Lipinski definition) is 3. The fourth-order valence-electron chi connectivity index (χ4n) is 1.71. The van der Waals surface area contributed by atoms with E-state index in [4.69, 9.17) is 9.84 Å². The molecule has 1 N–H and O–H groups in total. The fraction of sp³-hybridized carbons (Fsp3) is 0.571. The minimum atomic E-state index is 0.0856. The Kier molecular flexibility index (Phi) is 6.67. The van der Waals surface area contributed by atoms with Crippen LogP contribution >= 0.6 is 0 Å². The van der Waals surface area contributed by atoms with Crippen molar-refractivity contribution in [3.05, 3.63) is 29.8 Å². The lowest BCUT2D eigenvalue weighted by Crippen LogP contribution is -2.25. The van der Waals surface area contributed by atoms with Crippen LogP contribution in [0.25, 0.3) is 0 Å². The Hall–Kier alpha value is -1.06. The molecule has 96 valence electrons. The highest BCUT2D eigenvalue weighted by molar-refractivity contribution is 5.26. The molecular formula is C14H23NO2. The molecule has 0 spiro atoms. The molecule has 0 radical (unpaired) electrons. The first-order valence-electron chi connectivity index (χ1n) is 6.35. The molecule has 17 heavy (non-hydrogen) atoms. The zero-order chi connectivity index (χ0) is 12.5. The van der Waals surface area contributed by atoms with Crippen molar-refractivity contribution in [3.8, 4) is 5.75 Å². The average molecular weight is 237 g/mol. The Bertz CT molecular complexity index is 294. The zero-order valence-electron chi connectivity index (χ0n) is 10.9. The van der Waals surface area contributed by atoms with Gasteiger partial charge < -0.3 is 14.7 Å². The van der Waals surface area contributed by atoms with Crippen LogP contribution in [0.1, 0.15) is 25.8 Å². The minimum absolute atomic E-state index is 0.0856. The van der Waals surface area contributed by atoms with Crippen molar-refractivity contribution < 1.29 is 9.84 Å². The molecule has 0 saturated heterocycles. The molecule has 3 nitrogen and oxygen atoms in total. The van der Waals surface area contributed by atoms with E-state index >= 15 is 0 Å². The molecule has 0 atom stereocenters. The summed E-state index contributed by atoms with van der Waals surface area (Å²) in [5.74, 6) is 0.877. The van der Waals surface area contributed by atoms with Gasteiger partial charge in [-0.2, -0.15) is 0 Å². The van der Waals surface area contributed by atoms with Gasteiger partial charge in [-0.1, -0.05) is 26.0 Å². The van der Waals surface area contributed by atoms with Crippen LogP contribution in [0.3, 0.4) is 0 Å². The lowest BCUT2D eigenvalue weighted by Gasteiger charge is -2.17. The van der Waals surface area contributed by atoms with Crippen molar-refractivity contribution >= 4 is 0 Å². The number of aliphatic hydroxyl groups is 1. The number of rotatable bonds is 8. The third-order valence-electron chi connectivity index (χ3n) is 2.89. The first kappa shape index (κ1) is 14.0. The molecule has 1 rings (SSSR count). The van der Waals surface area contributed by atoms with Crippen molar-refractivity contribution in [2.24, 2.45) is 0 Å². The number of ether oxygens (including phenoxy) is 1. The molecule has 0 fully saturated rings. The molecular weight excluding hydrogens is 214 g/mol. The van der Waals surface area contributed by atoms with E-state index in [0.717, 1.165) is 44.0 Å². The highest BCUT2D eigenvalue weighted by atomic mass is 16.5. The van der Waals surface area contributed by atoms with Gasteiger partial charge >= 0.3 is 0 Å². The Morgan fingerprint density at radius 2 is 1.76 bits per heavy atom. The predicted octanol–water partition coefficient (Wildman–Crippen LogP) is 2.29. The van der Waals surface area contributed by atoms with E-state index in [9.17, 15) is 0 Å². The highest BCUT2D eigenvalue weighted by Gasteiger charge is 1.99. The maximum Gasteiger partial charge on any atom is 0.119 e. The zero-order valence-corrected chi connectivity index (χ0v) is 10.9. The maximum absolute atomic E-state index is 8.91. The summed E-state index contributed by atoms with van der Waals surface area (Å²) in [6, 6.07) is 7.59. The second-order valence-corrected chi connectivity index (χ2v) is 4.03. The van der Waals surface area contributed by atoms with E-state index in [1.54, 1.807) is 0 Å². The van der Waals surface area contributed by atoms with E-state index in [0.29, 0.717) is 0 Å². The summed E-state index contributed by atoms with van der Waals surface area (Å²) in [6.07, 6.45) is 1.05. The Morgan fingerprint density at radius 1 is 1.12 bits per heavy atom. The van der Waals surface area contributed by atoms with E-state index in [2.05, 4.69) is 18.7 Å². The fourth-order valence-corrected chi connectivity index (χ4v) is 1.71. The molecule has 0 aliphatic rings. The summed E-state index contributed by atoms with van der Waals surface area (Å²) < 4.78 is 5.64. The van der Waals surface area contributed by atoms with Gasteiger partial charge in [-0.25, -0.2) is 0 Å². The number of aliphatic hydroxyl groups excluding tert-OH is 1. The summed E-state index contributed by atoms with van der Waals surface area (Å²) in [7, 11) is 0. The van der Waals surface area contributed by atoms with E-state index in [1.165, 1.54) is 0 Å². The monoisotopic (exact) mass is 237 g/mol. The van der Waals surface area contributed by atoms with Gasteiger partial charge in [-0.3, -0.25) is 0 Å². The lowest BCUT2D eigenvalue weighted by molar-refractivity contribution is 0.249. The molecule has 0 amide bonds. The van der Waals surface area contributed by atoms with Gasteiger partial charge in [0.1, 0.15) is 5.75 Å². The molecule has 0 saturated carbocycles. The lowest BCUT2D eigenvalue weighted by atomic mass is 10.2. The van der Waals surface area contributed by atoms with Crippen LogP contribution in [0.4, 0.5) is 0 Å². The molecule has 1 aromatic carbocycles. The van der Waals surface area contributed by atoms with Crippen LogP contribution in [0.15, 0.2) is 24.3 Å². The van der Waals surface area contributed by atoms with E-state index in [1.807, 2.05) is 24.3 Å². The van der Waals surface area contributed by atoms with Gasteiger partial charge in [0, 0.05) is 6.54 Å². The van der Waals surface area contributed by atoms with Gasteiger partial charge in [0.15, 0.2) is 0 Å². The van der Waals surface area contributed by atoms with Crippen LogP contribution < -0.4 is 4.74 Å². The van der Waals surface area contributed by atoms with Gasteiger partial charge in [0.2, 0.25) is 0 Å². The van der Waals surface area contributed by atoms with E-state index in [-0.39, 0.29) is 6.61 Å². The molecule has 0 aliphatic heterocycles. The third-order valence-corrected chi connectivity index (χ3v) is 2.89. The normalized spacial score (nSPS) is 10.8. The minimum Gasteiger partial charge on any atom is -0.494 e. The first-order valence-corrected chi connectivity index (χ1v) is 6.35. The van der Waals surface area contributed by atoms with Crippen molar-refractivity contribution in [3.63, 3.8) is 0 Å². The molecule has 0 aromatic heterocycles. The molecule has 0 heterocycles. The number of hydrogen-bond donors (Lipinski definition) is 1. The molecule has 3 heteroatoms. The van der Waals surface area contributed by atoms with Gasteiger partial charge in [-0.15, -0.1) is 0 Å². The Balaban J connectivity index is 2.21. The van der Waals surface area contributed by atoms with Crippen LogP contribution in [0.5, 0.6) is 5.75 Å². The van der Waals surface area contributed by atoms with Gasteiger partial charge in [0.05, 0.1) is 13.2 Å². The Morgan fingerprint density at radius 3 is 2.29 bits per heavy atom. The van der Waals surface area contributed by atoms with Crippen molar-refractivity contribution in [1.29, 1.82) is 0 Å². The van der Waals surface area contributed by atoms with Crippen LogP contribution in [-0.2, 0) is 6.61 Å².